The van der Waals surface area contributed by atoms with Crippen LogP contribution in [0.1, 0.15) is 38.7 Å². The summed E-state index contributed by atoms with van der Waals surface area (Å²) < 4.78 is 41.6. The van der Waals surface area contributed by atoms with Crippen molar-refractivity contribution in [2.24, 2.45) is 0 Å². The number of piperidine rings is 1. The van der Waals surface area contributed by atoms with Gasteiger partial charge in [-0.3, -0.25) is 9.88 Å². The van der Waals surface area contributed by atoms with Gasteiger partial charge in [0.2, 0.25) is 0 Å². The number of rotatable bonds is 5. The van der Waals surface area contributed by atoms with Gasteiger partial charge in [-0.1, -0.05) is 6.07 Å². The first-order valence-corrected chi connectivity index (χ1v) is 12.2. The lowest BCUT2D eigenvalue weighted by Gasteiger charge is -2.32. The van der Waals surface area contributed by atoms with Crippen LogP contribution in [0.2, 0.25) is 0 Å². The topological polar surface area (TPSA) is 31.8 Å². The Hall–Kier alpha value is -3.00. The van der Waals surface area contributed by atoms with Crippen molar-refractivity contribution >= 4 is 22.3 Å². The van der Waals surface area contributed by atoms with Crippen LogP contribution >= 0.6 is 0 Å². The molecule has 186 valence electrons. The van der Waals surface area contributed by atoms with Gasteiger partial charge in [0.05, 0.1) is 12.2 Å². The maximum atomic E-state index is 12.5. The number of halogens is 3. The summed E-state index contributed by atoms with van der Waals surface area (Å²) in [6.45, 7) is 8.79. The summed E-state index contributed by atoms with van der Waals surface area (Å²) in [5, 5.41) is 1.22. The Bertz CT molecular complexity index is 1170. The van der Waals surface area contributed by atoms with E-state index < -0.39 is 6.36 Å². The van der Waals surface area contributed by atoms with E-state index in [1.807, 2.05) is 6.20 Å². The molecule has 3 aromatic rings. The molecule has 2 aliphatic heterocycles. The fourth-order valence-corrected chi connectivity index (χ4v) is 5.30. The van der Waals surface area contributed by atoms with Gasteiger partial charge in [0.25, 0.3) is 0 Å². The number of pyridine rings is 1. The van der Waals surface area contributed by atoms with E-state index in [-0.39, 0.29) is 11.3 Å². The average molecular weight is 485 g/mol. The highest BCUT2D eigenvalue weighted by Gasteiger charge is 2.37. The molecule has 0 aliphatic carbocycles. The van der Waals surface area contributed by atoms with Crippen molar-refractivity contribution in [2.45, 2.75) is 51.6 Å². The number of hydrogen-bond donors (Lipinski definition) is 0. The minimum atomic E-state index is -4.69. The third-order valence-corrected chi connectivity index (χ3v) is 7.10. The van der Waals surface area contributed by atoms with E-state index in [1.165, 1.54) is 48.0 Å². The van der Waals surface area contributed by atoms with E-state index in [0.29, 0.717) is 6.67 Å². The van der Waals surface area contributed by atoms with Crippen LogP contribution in [0.3, 0.4) is 0 Å². The number of nitrogens with zero attached hydrogens (tertiary/aromatic N) is 4. The van der Waals surface area contributed by atoms with Gasteiger partial charge in [-0.05, 0) is 81.1 Å². The van der Waals surface area contributed by atoms with E-state index in [1.54, 1.807) is 12.1 Å². The van der Waals surface area contributed by atoms with Crippen LogP contribution in [-0.2, 0) is 6.54 Å². The molecule has 0 radical (unpaired) electrons. The third-order valence-electron chi connectivity index (χ3n) is 7.10. The molecule has 0 spiro atoms. The van der Waals surface area contributed by atoms with Gasteiger partial charge in [0.15, 0.2) is 0 Å². The quantitative estimate of drug-likeness (QED) is 0.432. The van der Waals surface area contributed by atoms with Crippen LogP contribution in [0.15, 0.2) is 54.7 Å². The fourth-order valence-electron chi connectivity index (χ4n) is 5.30. The molecule has 0 saturated carbocycles. The van der Waals surface area contributed by atoms with E-state index in [0.717, 1.165) is 37.4 Å². The molecule has 35 heavy (non-hydrogen) atoms. The van der Waals surface area contributed by atoms with Crippen LogP contribution in [0.5, 0.6) is 5.75 Å². The molecule has 2 aliphatic rings. The number of anilines is 2. The molecule has 0 unspecified atom stereocenters. The number of aromatic nitrogens is 1. The first-order chi connectivity index (χ1) is 16.7. The van der Waals surface area contributed by atoms with Crippen molar-refractivity contribution < 1.29 is 17.9 Å². The molecule has 0 amide bonds. The van der Waals surface area contributed by atoms with Crippen molar-refractivity contribution in [1.29, 1.82) is 0 Å². The first-order valence-electron chi connectivity index (χ1n) is 12.2. The van der Waals surface area contributed by atoms with Crippen molar-refractivity contribution in [3.63, 3.8) is 0 Å². The monoisotopic (exact) mass is 484 g/mol. The lowest BCUT2D eigenvalue weighted by atomic mass is 10.0. The van der Waals surface area contributed by atoms with E-state index in [9.17, 15) is 13.2 Å². The average Bonchev–Trinajstić information content (AvgIpc) is 3.12. The van der Waals surface area contributed by atoms with Crippen LogP contribution < -0.4 is 14.5 Å². The van der Waals surface area contributed by atoms with Crippen molar-refractivity contribution in [1.82, 2.24) is 9.88 Å². The maximum absolute atomic E-state index is 12.5. The Kier molecular flexibility index (Phi) is 6.25. The zero-order chi connectivity index (χ0) is 24.6. The number of benzene rings is 2. The molecule has 8 heteroatoms. The molecule has 2 fully saturated rings. The molecule has 0 atom stereocenters. The lowest BCUT2D eigenvalue weighted by Crippen LogP contribution is -2.39. The summed E-state index contributed by atoms with van der Waals surface area (Å²) in [7, 11) is 0. The summed E-state index contributed by atoms with van der Waals surface area (Å²) in [6.07, 6.45) is 0.916. The Balaban J connectivity index is 1.39. The molecule has 2 saturated heterocycles. The molecule has 5 nitrogen and oxygen atoms in total. The molecular weight excluding hydrogens is 453 g/mol. The number of alkyl halides is 3. The summed E-state index contributed by atoms with van der Waals surface area (Å²) >= 11 is 0. The Morgan fingerprint density at radius 3 is 2.40 bits per heavy atom. The Labute approximate surface area is 204 Å². The predicted octanol–water partition coefficient (Wildman–Crippen LogP) is 6.18. The molecule has 5 rings (SSSR count). The van der Waals surface area contributed by atoms with Gasteiger partial charge >= 0.3 is 6.36 Å². The van der Waals surface area contributed by atoms with Gasteiger partial charge in [-0.25, -0.2) is 0 Å². The highest BCUT2D eigenvalue weighted by atomic mass is 19.4. The second-order valence-electron chi connectivity index (χ2n) is 10.1. The molecule has 3 heterocycles. The fraction of sp³-hybridized carbons (Fsp3) is 0.444. The molecular formula is C27H31F3N4O. The minimum absolute atomic E-state index is 0.114. The molecule has 0 N–H and O–H groups in total. The largest absolute Gasteiger partial charge is 0.573 e. The van der Waals surface area contributed by atoms with Crippen molar-refractivity contribution in [2.75, 3.05) is 36.1 Å². The maximum Gasteiger partial charge on any atom is 0.573 e. The van der Waals surface area contributed by atoms with Gasteiger partial charge < -0.3 is 14.5 Å². The van der Waals surface area contributed by atoms with E-state index in [4.69, 9.17) is 0 Å². The van der Waals surface area contributed by atoms with Crippen LogP contribution in [0.4, 0.5) is 24.5 Å². The van der Waals surface area contributed by atoms with Crippen molar-refractivity contribution in [3.05, 3.63) is 60.3 Å². The second-order valence-corrected chi connectivity index (χ2v) is 10.1. The number of hydrogen-bond acceptors (Lipinski definition) is 5. The summed E-state index contributed by atoms with van der Waals surface area (Å²) in [6, 6.07) is 14.6. The van der Waals surface area contributed by atoms with Gasteiger partial charge in [-0.15, -0.1) is 13.2 Å². The lowest BCUT2D eigenvalue weighted by molar-refractivity contribution is -0.274. The Morgan fingerprint density at radius 2 is 1.69 bits per heavy atom. The normalized spacial score (nSPS) is 18.9. The summed E-state index contributed by atoms with van der Waals surface area (Å²) in [5.74, 6) is -0.204. The minimum Gasteiger partial charge on any atom is -0.406 e. The van der Waals surface area contributed by atoms with E-state index in [2.05, 4.69) is 62.5 Å². The second kappa shape index (κ2) is 9.22. The molecule has 0 bridgehead atoms. The summed E-state index contributed by atoms with van der Waals surface area (Å²) in [5.41, 5.74) is 4.29. The highest BCUT2D eigenvalue weighted by Crippen LogP contribution is 2.35. The first kappa shape index (κ1) is 23.7. The predicted molar refractivity (Wildman–Crippen MR) is 133 cm³/mol. The van der Waals surface area contributed by atoms with Crippen LogP contribution in [0, 0.1) is 0 Å². The van der Waals surface area contributed by atoms with Gasteiger partial charge in [0, 0.05) is 54.7 Å². The van der Waals surface area contributed by atoms with Gasteiger partial charge in [-0.2, -0.15) is 0 Å². The van der Waals surface area contributed by atoms with Gasteiger partial charge in [0.1, 0.15) is 5.75 Å². The third kappa shape index (κ3) is 5.17. The SMILES string of the molecule is CC1(C)CN(c2ccc(OC(F)(F)F)cc2)CN1Cc1ccnc2cccc(N3CCCCC3)c12. The number of ether oxygens (including phenoxy) is 1. The van der Waals surface area contributed by atoms with Crippen LogP contribution in [-0.4, -0.2) is 48.1 Å². The summed E-state index contributed by atoms with van der Waals surface area (Å²) in [4.78, 5) is 11.8. The molecule has 1 aromatic heterocycles. The van der Waals surface area contributed by atoms with Crippen LogP contribution in [0.25, 0.3) is 10.9 Å². The number of fused-ring (bicyclic) bond motifs is 1. The smallest absolute Gasteiger partial charge is 0.406 e. The molecule has 2 aromatic carbocycles. The van der Waals surface area contributed by atoms with E-state index >= 15 is 0 Å². The zero-order valence-corrected chi connectivity index (χ0v) is 20.2. The van der Waals surface area contributed by atoms with Crippen molar-refractivity contribution in [3.8, 4) is 5.75 Å². The Morgan fingerprint density at radius 1 is 0.943 bits per heavy atom. The standard InChI is InChI=1S/C27H31F3N4O/c1-26(2)18-33(21-9-11-22(12-10-21)35-27(28,29)30)19-34(26)17-20-13-14-31-23-7-6-8-24(25(20)23)32-15-4-3-5-16-32/h6-14H,3-5,15-19H2,1-2H3. The zero-order valence-electron chi connectivity index (χ0n) is 20.2. The highest BCUT2D eigenvalue weighted by molar-refractivity contribution is 5.94.